The molecule has 3 heteroatoms. The standard InChI is InChI=1S/C58H92N2.Ni/c1-4-7-10-13-16-18-20-22-24-26-28-30-32-34-36-39-46-54-48-42-44-51-57(54)59-53-56(50-41-38-15-12-9-6-3)60-58-52-45-43-49-55(58)47-40-37-35-33-31-29-27-25-23-21-19-17-14-11-8-5-2;/h42-45,48-49,51-53H,4-33,38-41,46-47,50H2,1-3H3;. The van der Waals surface area contributed by atoms with Crippen LogP contribution in [0.1, 0.15) is 257 Å². The van der Waals surface area contributed by atoms with Gasteiger partial charge in [-0.05, 0) is 61.8 Å². The van der Waals surface area contributed by atoms with Crippen LogP contribution in [-0.2, 0) is 29.3 Å². The van der Waals surface area contributed by atoms with Crippen molar-refractivity contribution < 1.29 is 16.5 Å². The molecule has 0 spiro atoms. The summed E-state index contributed by atoms with van der Waals surface area (Å²) in [6.45, 7) is 6.88. The molecule has 2 rings (SSSR count). The van der Waals surface area contributed by atoms with E-state index in [4.69, 9.17) is 9.98 Å². The summed E-state index contributed by atoms with van der Waals surface area (Å²) in [7, 11) is 0. The minimum atomic E-state index is 0. The van der Waals surface area contributed by atoms with E-state index in [1.54, 1.807) is 0 Å². The summed E-state index contributed by atoms with van der Waals surface area (Å²) in [5.74, 6) is 13.9. The molecule has 0 aliphatic heterocycles. The van der Waals surface area contributed by atoms with Gasteiger partial charge in [0.25, 0.3) is 0 Å². The second-order valence-corrected chi connectivity index (χ2v) is 17.6. The van der Waals surface area contributed by atoms with E-state index < -0.39 is 0 Å². The summed E-state index contributed by atoms with van der Waals surface area (Å²) in [6.07, 6.45) is 49.7. The van der Waals surface area contributed by atoms with Crippen LogP contribution in [0.25, 0.3) is 0 Å². The van der Waals surface area contributed by atoms with Gasteiger partial charge in [0.05, 0.1) is 17.1 Å². The molecule has 0 aliphatic rings. The largest absolute Gasteiger partial charge is 0.255 e. The molecule has 2 nitrogen and oxygen atoms in total. The maximum atomic E-state index is 5.27. The van der Waals surface area contributed by atoms with Crippen molar-refractivity contribution >= 4 is 23.3 Å². The van der Waals surface area contributed by atoms with Gasteiger partial charge in [0, 0.05) is 48.4 Å². The Bertz CT molecular complexity index is 1470. The zero-order chi connectivity index (χ0) is 42.7. The van der Waals surface area contributed by atoms with Gasteiger partial charge in [0.15, 0.2) is 0 Å². The second kappa shape index (κ2) is 44.0. The molecule has 0 saturated carbocycles. The minimum absolute atomic E-state index is 0. The van der Waals surface area contributed by atoms with Gasteiger partial charge in [0.2, 0.25) is 0 Å². The Morgan fingerprint density at radius 3 is 1.15 bits per heavy atom. The number of benzene rings is 2. The van der Waals surface area contributed by atoms with Crippen LogP contribution in [0, 0.1) is 23.7 Å². The van der Waals surface area contributed by atoms with Gasteiger partial charge in [-0.15, -0.1) is 23.7 Å². The van der Waals surface area contributed by atoms with Gasteiger partial charge in [-0.2, -0.15) is 0 Å². The number of unbranched alkanes of at least 4 members (excludes halogenated alkanes) is 29. The molecule has 0 amide bonds. The summed E-state index contributed by atoms with van der Waals surface area (Å²) in [5.41, 5.74) is 5.76. The smallest absolute Gasteiger partial charge is 0.0665 e. The maximum absolute atomic E-state index is 5.27. The Kier molecular flexibility index (Phi) is 40.7. The third kappa shape index (κ3) is 33.6. The predicted molar refractivity (Wildman–Crippen MR) is 270 cm³/mol. The monoisotopic (exact) mass is 875 g/mol. The molecule has 0 bridgehead atoms. The van der Waals surface area contributed by atoms with E-state index in [-0.39, 0.29) is 16.5 Å². The van der Waals surface area contributed by atoms with Gasteiger partial charge < -0.3 is 0 Å². The number of hydrogen-bond donors (Lipinski definition) is 0. The molecule has 0 aliphatic carbocycles. The van der Waals surface area contributed by atoms with Crippen molar-refractivity contribution in [2.24, 2.45) is 9.98 Å². The number of para-hydroxylation sites is 2. The molecule has 0 aromatic heterocycles. The van der Waals surface area contributed by atoms with Crippen molar-refractivity contribution in [2.75, 3.05) is 0 Å². The molecule has 0 N–H and O–H groups in total. The van der Waals surface area contributed by atoms with E-state index in [1.165, 1.54) is 197 Å². The molecular formula is C58H92N2Ni. The number of aliphatic imine (C=N–C) groups is 2. The first-order valence-electron chi connectivity index (χ1n) is 26.0. The van der Waals surface area contributed by atoms with Gasteiger partial charge >= 0.3 is 0 Å². The first-order valence-corrected chi connectivity index (χ1v) is 26.0. The number of nitrogens with zero attached hydrogens (tertiary/aromatic N) is 2. The Hall–Kier alpha value is -2.61. The topological polar surface area (TPSA) is 24.7 Å². The van der Waals surface area contributed by atoms with E-state index >= 15 is 0 Å². The number of rotatable bonds is 38. The fraction of sp³-hybridized carbons (Fsp3) is 0.690. The van der Waals surface area contributed by atoms with Crippen LogP contribution in [0.15, 0.2) is 58.5 Å². The van der Waals surface area contributed by atoms with Crippen LogP contribution in [0.5, 0.6) is 0 Å². The summed E-state index contributed by atoms with van der Waals surface area (Å²) >= 11 is 0. The van der Waals surface area contributed by atoms with E-state index in [0.717, 1.165) is 68.5 Å². The zero-order valence-electron chi connectivity index (χ0n) is 40.1. The van der Waals surface area contributed by atoms with E-state index in [1.807, 2.05) is 0 Å². The first-order chi connectivity index (χ1) is 29.8. The summed E-state index contributed by atoms with van der Waals surface area (Å²) in [5, 5.41) is 0. The number of aryl methyl sites for hydroxylation is 2. The first kappa shape index (κ1) is 56.4. The third-order valence-corrected chi connectivity index (χ3v) is 12.0. The normalized spacial score (nSPS) is 11.3. The molecule has 0 unspecified atom stereocenters. The van der Waals surface area contributed by atoms with Crippen LogP contribution < -0.4 is 0 Å². The van der Waals surface area contributed by atoms with Crippen molar-refractivity contribution in [1.82, 2.24) is 0 Å². The molecule has 0 radical (unpaired) electrons. The van der Waals surface area contributed by atoms with Gasteiger partial charge in [-0.1, -0.05) is 231 Å². The van der Waals surface area contributed by atoms with Crippen molar-refractivity contribution in [2.45, 2.75) is 258 Å². The van der Waals surface area contributed by atoms with Crippen molar-refractivity contribution in [3.05, 3.63) is 59.7 Å². The molecule has 0 atom stereocenters. The fourth-order valence-corrected chi connectivity index (χ4v) is 8.07. The molecular weight excluding hydrogens is 783 g/mol. The summed E-state index contributed by atoms with van der Waals surface area (Å²) in [6, 6.07) is 17.3. The van der Waals surface area contributed by atoms with Crippen LogP contribution in [0.2, 0.25) is 0 Å². The molecule has 0 fully saturated rings. The Morgan fingerprint density at radius 1 is 0.393 bits per heavy atom. The predicted octanol–water partition coefficient (Wildman–Crippen LogP) is 19.0. The Morgan fingerprint density at radius 2 is 0.721 bits per heavy atom. The average molecular weight is 876 g/mol. The maximum Gasteiger partial charge on any atom is 0.0665 e. The molecule has 344 valence electrons. The quantitative estimate of drug-likeness (QED) is 0.0278. The van der Waals surface area contributed by atoms with Crippen LogP contribution >= 0.6 is 0 Å². The van der Waals surface area contributed by atoms with E-state index in [2.05, 4.69) is 99.2 Å². The molecule has 0 saturated heterocycles. The van der Waals surface area contributed by atoms with Crippen LogP contribution in [-0.4, -0.2) is 11.9 Å². The zero-order valence-corrected chi connectivity index (χ0v) is 41.1. The molecule has 61 heavy (non-hydrogen) atoms. The Labute approximate surface area is 389 Å². The van der Waals surface area contributed by atoms with Crippen molar-refractivity contribution in [3.63, 3.8) is 0 Å². The fourth-order valence-electron chi connectivity index (χ4n) is 8.07. The third-order valence-electron chi connectivity index (χ3n) is 12.0. The Balaban J connectivity index is 0.0000186. The SMILES string of the molecule is CCCCCCCCCCCCCCC#CCCc1ccccc1N=CC(CCCCCCCC)=Nc1ccccc1CCC#CCCCCCCCCCCCCCC.[Ni]. The summed E-state index contributed by atoms with van der Waals surface area (Å²) < 4.78 is 0. The second-order valence-electron chi connectivity index (χ2n) is 17.6. The summed E-state index contributed by atoms with van der Waals surface area (Å²) in [4.78, 5) is 10.3. The van der Waals surface area contributed by atoms with Gasteiger partial charge in [-0.3, -0.25) is 9.98 Å². The molecule has 2 aromatic rings. The van der Waals surface area contributed by atoms with Crippen molar-refractivity contribution in [3.8, 4) is 23.7 Å². The molecule has 2 aromatic carbocycles. The average Bonchev–Trinajstić information content (AvgIpc) is 3.27. The number of hydrogen-bond acceptors (Lipinski definition) is 2. The van der Waals surface area contributed by atoms with Crippen molar-refractivity contribution in [1.29, 1.82) is 0 Å². The minimum Gasteiger partial charge on any atom is -0.255 e. The molecule has 0 heterocycles. The van der Waals surface area contributed by atoms with Crippen LogP contribution in [0.3, 0.4) is 0 Å². The van der Waals surface area contributed by atoms with Gasteiger partial charge in [0.1, 0.15) is 0 Å². The van der Waals surface area contributed by atoms with Gasteiger partial charge in [-0.25, -0.2) is 0 Å². The van der Waals surface area contributed by atoms with E-state index in [9.17, 15) is 0 Å². The van der Waals surface area contributed by atoms with E-state index in [0.29, 0.717) is 0 Å². The van der Waals surface area contributed by atoms with Crippen LogP contribution in [0.4, 0.5) is 11.4 Å².